The Balaban J connectivity index is -0.000000510. The fraction of sp³-hybridized carbons (Fsp3) is 0.611. The fourth-order valence-electron chi connectivity index (χ4n) is 5.28. The molecule has 0 spiro atoms. The summed E-state index contributed by atoms with van der Waals surface area (Å²) in [5, 5.41) is 21.3. The number of imide groups is 2. The molecule has 0 saturated heterocycles. The number of hydrogen-bond acceptors (Lipinski definition) is 17. The second-order valence-electron chi connectivity index (χ2n) is 14.7. The van der Waals surface area contributed by atoms with Crippen LogP contribution in [-0.2, 0) is 195 Å². The van der Waals surface area contributed by atoms with Crippen LogP contribution in [0.5, 0.6) is 0 Å². The summed E-state index contributed by atoms with van der Waals surface area (Å²) >= 11 is 25.5. The van der Waals surface area contributed by atoms with Crippen molar-refractivity contribution in [3.8, 4) is 0 Å². The van der Waals surface area contributed by atoms with Gasteiger partial charge in [0.2, 0.25) is 29.5 Å². The molecule has 9 amide bonds. The number of carbonyl (C=O) groups is 10. The van der Waals surface area contributed by atoms with E-state index < -0.39 is 65.0 Å². The Bertz CT molecular complexity index is 2350. The van der Waals surface area contributed by atoms with Crippen molar-refractivity contribution in [2.24, 2.45) is 17.3 Å². The van der Waals surface area contributed by atoms with Crippen molar-refractivity contribution in [2.45, 2.75) is 117 Å². The molecule has 0 aromatic carbocycles. The van der Waals surface area contributed by atoms with Gasteiger partial charge in [-0.05, 0) is 51.4 Å². The van der Waals surface area contributed by atoms with Crippen LogP contribution in [0.2, 0.25) is 0 Å². The van der Waals surface area contributed by atoms with Crippen molar-refractivity contribution in [3.05, 3.63) is 24.3 Å². The van der Waals surface area contributed by atoms with E-state index in [-0.39, 0.29) is 60.1 Å². The molecule has 2 aliphatic heterocycles. The number of unbranched alkanes of at least 4 members (excludes halogenated alkanes) is 4. The van der Waals surface area contributed by atoms with Crippen LogP contribution in [0.15, 0.2) is 24.3 Å². The summed E-state index contributed by atoms with van der Waals surface area (Å²) in [7, 11) is 19.6. The van der Waals surface area contributed by atoms with Gasteiger partial charge in [0.05, 0.1) is 2.56 Å². The molecule has 0 aromatic heterocycles. The molecule has 38 heteroatoms. The fourth-order valence-corrected chi connectivity index (χ4v) is 19.3. The second kappa shape index (κ2) is 52.5. The first-order valence-corrected chi connectivity index (χ1v) is 39.0. The number of aliphatic carboxylic acids is 1. The Morgan fingerprint density at radius 2 is 0.892 bits per heavy atom. The third-order valence-electron chi connectivity index (χ3n) is 8.75. The van der Waals surface area contributed by atoms with E-state index in [1.807, 2.05) is 0 Å². The quantitative estimate of drug-likeness (QED) is 0.0299. The maximum Gasteiger partial charge on any atom is 0.325 e. The van der Waals surface area contributed by atoms with E-state index >= 15 is 0 Å². The predicted octanol–water partition coefficient (Wildman–Crippen LogP) is -0.301. The molecule has 0 fully saturated rings. The number of nitrogens with one attached hydrogen (secondary N) is 5. The van der Waals surface area contributed by atoms with Gasteiger partial charge in [0.1, 0.15) is 39.3 Å². The lowest BCUT2D eigenvalue weighted by atomic mass is 10.0. The van der Waals surface area contributed by atoms with Crippen molar-refractivity contribution in [2.75, 3.05) is 13.1 Å². The minimum absolute atomic E-state index is 0.197. The van der Waals surface area contributed by atoms with Crippen molar-refractivity contribution in [3.63, 3.8) is 0 Å². The van der Waals surface area contributed by atoms with Gasteiger partial charge in [0.25, 0.3) is 23.6 Å². The number of carboxylic acid groups (broad SMARTS) is 1. The highest BCUT2D eigenvalue weighted by atomic mass is 33.4. The van der Waals surface area contributed by atoms with Crippen LogP contribution in [0.4, 0.5) is 0 Å². The van der Waals surface area contributed by atoms with Crippen molar-refractivity contribution >= 4 is 238 Å². The van der Waals surface area contributed by atoms with E-state index in [9.17, 15) is 47.9 Å². The van der Waals surface area contributed by atoms with Crippen LogP contribution in [0.25, 0.3) is 0 Å². The number of amides is 9. The van der Waals surface area contributed by atoms with E-state index in [1.165, 1.54) is 91.4 Å². The van der Waals surface area contributed by atoms with Gasteiger partial charge in [-0.25, -0.2) is 0 Å². The standard InChI is InChI=1S/C18H28BN4O5P.C18H27N3O6.BH3NP.S7.S6.S2/c1-11(2)16(18(28)20-12(3)17(27)22-29-19)21-13(24)7-5-4-6-10-23-14(25)8-9-15(23)26;1-11(2)16(17(25)19-12(3)18(26)27)20-13(22)7-5-4-6-10-21-14(23)8-9-15(21)24;1-3-2;1-3-5-7-6-4-2;1-3-5-6-4-2;1-2/h8-9,11-12,16,29H,4-7,10H2,1-3H3,(H,20,28)(H,21,24)(H,22,27);8-9,11-12,16H,4-7,10H2,1-3H3,(H,19,25)(H,20,22)(H,26,27);3H,2H2;;;/t12-,16-,29?;12-,16-;;;;/m00..../s1/i29D;;3D;;;. The lowest BCUT2D eigenvalue weighted by Gasteiger charge is -2.23. The first kappa shape index (κ1) is 74.9. The molecule has 0 bridgehead atoms. The van der Waals surface area contributed by atoms with E-state index in [1.54, 1.807) is 54.3 Å². The summed E-state index contributed by atoms with van der Waals surface area (Å²) < 4.78 is 13.4. The average molecular weight is 1350 g/mol. The van der Waals surface area contributed by atoms with Gasteiger partial charge in [-0.15, -0.1) is 8.56 Å². The minimum atomic E-state index is -1.87. The van der Waals surface area contributed by atoms with Crippen LogP contribution in [0.3, 0.4) is 0 Å². The van der Waals surface area contributed by atoms with E-state index in [2.05, 4.69) is 107 Å². The second-order valence-corrected chi connectivity index (χ2v) is 31.4. The van der Waals surface area contributed by atoms with E-state index in [0.29, 0.717) is 51.6 Å². The van der Waals surface area contributed by atoms with Gasteiger partial charge in [-0.1, -0.05) is 49.1 Å². The monoisotopic (exact) mass is 1340 g/mol. The van der Waals surface area contributed by atoms with Crippen LogP contribution in [0.1, 0.15) is 92.9 Å². The Kier molecular flexibility index (Phi) is 53.2. The largest absolute Gasteiger partial charge is 0.480 e. The zero-order valence-corrected chi connectivity index (χ0v) is 54.6. The number of nitrogens with zero attached hydrogens (tertiary/aromatic N) is 2. The number of nitrogens with two attached hydrogens (primary N) is 1. The Labute approximate surface area is 496 Å². The molecular formula is C36H58B2N8O11P2S15. The summed E-state index contributed by atoms with van der Waals surface area (Å²) in [6.07, 6.45) is 8.92. The number of hydrogen-bond donors (Lipinski definition) is 7. The van der Waals surface area contributed by atoms with E-state index in [4.69, 9.17) is 15.2 Å². The summed E-state index contributed by atoms with van der Waals surface area (Å²) in [4.78, 5) is 120. The third kappa shape index (κ3) is 41.9. The van der Waals surface area contributed by atoms with E-state index in [0.717, 1.165) is 9.80 Å². The SMILES string of the molecule is CC(C)[C@H](NC(=O)CCCCCN1C(=O)C=CC1=O)C(=O)N[C@@H](C)C(=O)O.S=S.S=S=S=S=S=S.S=S=S=S=S=S=S.[2H]P([B])N.[2H]P([B])NC(=O)[C@H](C)NC(=O)[C@@H](NC(=O)CCCCCN1C(=O)C=CC1=O)C(C)C. The van der Waals surface area contributed by atoms with Crippen molar-refractivity contribution in [1.82, 2.24) is 36.2 Å². The normalized spacial score (nSPS) is 14.4. The van der Waals surface area contributed by atoms with Crippen LogP contribution >= 0.6 is 17.1 Å². The molecular weight excluding hydrogens is 1290 g/mol. The lowest BCUT2D eigenvalue weighted by Crippen LogP contribution is -2.54. The molecule has 2 rings (SSSR count). The Morgan fingerprint density at radius 1 is 0.581 bits per heavy atom. The maximum atomic E-state index is 12.5. The first-order chi connectivity index (χ1) is 35.7. The highest BCUT2D eigenvalue weighted by Gasteiger charge is 2.29. The average Bonchev–Trinajstić information content (AvgIpc) is 3.85. The number of rotatable bonds is 23. The summed E-state index contributed by atoms with van der Waals surface area (Å²) in [5.74, 6) is -5.03. The van der Waals surface area contributed by atoms with Gasteiger partial charge in [0, 0.05) is 197 Å². The summed E-state index contributed by atoms with van der Waals surface area (Å²) in [6, 6.07) is -3.56. The zero-order chi connectivity index (χ0) is 59.3. The van der Waals surface area contributed by atoms with Gasteiger partial charge < -0.3 is 37.0 Å². The molecule has 8 N–H and O–H groups in total. The van der Waals surface area contributed by atoms with Crippen LogP contribution in [-0.4, -0.2) is 129 Å². The molecule has 0 aliphatic carbocycles. The van der Waals surface area contributed by atoms with Crippen molar-refractivity contribution < 1.29 is 53.1 Å². The van der Waals surface area contributed by atoms with Gasteiger partial charge in [-0.3, -0.25) is 57.7 Å². The molecule has 0 aromatic rings. The van der Waals surface area contributed by atoms with Gasteiger partial charge in [-0.2, -0.15) is 0 Å². The molecule has 2 aliphatic rings. The first-order valence-electron chi connectivity index (χ1n) is 21.9. The van der Waals surface area contributed by atoms with Crippen LogP contribution < -0.4 is 31.9 Å². The third-order valence-corrected chi connectivity index (χ3v) is 24.7. The highest BCUT2D eigenvalue weighted by Crippen LogP contribution is 2.11. The summed E-state index contributed by atoms with van der Waals surface area (Å²) in [5.41, 5.74) is 4.62. The molecule has 4 radical (unpaired) electrons. The van der Waals surface area contributed by atoms with Crippen molar-refractivity contribution in [1.29, 1.82) is 2.56 Å². The number of carboxylic acids is 1. The molecule has 6 atom stereocenters. The summed E-state index contributed by atoms with van der Waals surface area (Å²) in [6.45, 7) is 10.5. The number of carbonyl (C=O) groups excluding carboxylic acids is 9. The molecule has 0 saturated carbocycles. The maximum absolute atomic E-state index is 12.5. The smallest absolute Gasteiger partial charge is 0.325 e. The lowest BCUT2D eigenvalue weighted by molar-refractivity contribution is -0.142. The van der Waals surface area contributed by atoms with Gasteiger partial charge in [0.15, 0.2) is 0 Å². The predicted molar refractivity (Wildman–Crippen MR) is 336 cm³/mol. The van der Waals surface area contributed by atoms with Gasteiger partial charge >= 0.3 is 5.97 Å². The molecule has 2 unspecified atom stereocenters. The van der Waals surface area contributed by atoms with Crippen LogP contribution in [0, 0.1) is 11.8 Å². The zero-order valence-electron chi connectivity index (χ0n) is 42.5. The Hall–Kier alpha value is -1.17. The molecule has 74 heavy (non-hydrogen) atoms. The molecule has 414 valence electrons. The topological polar surface area (TPSA) is 284 Å². The minimum Gasteiger partial charge on any atom is -0.480 e. The molecule has 19 nitrogen and oxygen atoms in total. The highest BCUT2D eigenvalue weighted by molar-refractivity contribution is 8.68. The Morgan fingerprint density at radius 3 is 1.18 bits per heavy atom. The molecule has 2 heterocycles.